The molecule has 0 aliphatic heterocycles. The summed E-state index contributed by atoms with van der Waals surface area (Å²) in [5, 5.41) is 11.1. The lowest BCUT2D eigenvalue weighted by Gasteiger charge is -2.11. The van der Waals surface area contributed by atoms with Gasteiger partial charge in [-0.25, -0.2) is 4.98 Å². The first-order valence-corrected chi connectivity index (χ1v) is 8.21. The van der Waals surface area contributed by atoms with E-state index in [0.717, 1.165) is 41.3 Å². The number of aromatic amines is 1. The summed E-state index contributed by atoms with van der Waals surface area (Å²) in [5.41, 5.74) is 2.82. The van der Waals surface area contributed by atoms with Gasteiger partial charge >= 0.3 is 0 Å². The number of hydrogen-bond donors (Lipinski definition) is 2. The highest BCUT2D eigenvalue weighted by atomic mass is 32.2. The van der Waals surface area contributed by atoms with Crippen LogP contribution in [0.3, 0.4) is 0 Å². The summed E-state index contributed by atoms with van der Waals surface area (Å²) in [6, 6.07) is 5.83. The third-order valence-corrected chi connectivity index (χ3v) is 4.49. The molecule has 2 N–H and O–H groups in total. The van der Waals surface area contributed by atoms with Crippen LogP contribution in [0.15, 0.2) is 29.4 Å². The highest BCUT2D eigenvalue weighted by Crippen LogP contribution is 2.22. The molecule has 5 nitrogen and oxygen atoms in total. The standard InChI is InChI=1S/C15H18N4OS/c20-15(14-11-5-1-2-6-12(11)18-19-14)17-9-10-21-13-7-3-4-8-16-13/h3-4,7-8H,1-2,5-6,9-10H2,(H,17,20)(H,18,19). The van der Waals surface area contributed by atoms with Gasteiger partial charge in [-0.1, -0.05) is 6.07 Å². The number of hydrogen-bond acceptors (Lipinski definition) is 4. The smallest absolute Gasteiger partial charge is 0.272 e. The molecule has 2 aromatic heterocycles. The summed E-state index contributed by atoms with van der Waals surface area (Å²) in [4.78, 5) is 16.4. The molecule has 2 aromatic rings. The van der Waals surface area contributed by atoms with Crippen molar-refractivity contribution in [2.24, 2.45) is 0 Å². The fraction of sp³-hybridized carbons (Fsp3) is 0.400. The SMILES string of the molecule is O=C(NCCSc1ccccn1)c1n[nH]c2c1CCCC2. The van der Waals surface area contributed by atoms with Gasteiger partial charge in [0.15, 0.2) is 5.69 Å². The van der Waals surface area contributed by atoms with Crippen LogP contribution in [0.5, 0.6) is 0 Å². The molecule has 1 amide bonds. The van der Waals surface area contributed by atoms with Crippen LogP contribution in [0.25, 0.3) is 0 Å². The summed E-state index contributed by atoms with van der Waals surface area (Å²) in [5.74, 6) is 0.728. The van der Waals surface area contributed by atoms with E-state index in [1.807, 2.05) is 18.2 Å². The number of aromatic nitrogens is 3. The van der Waals surface area contributed by atoms with E-state index < -0.39 is 0 Å². The Kier molecular flexibility index (Phi) is 4.55. The lowest BCUT2D eigenvalue weighted by molar-refractivity contribution is 0.0950. The minimum absolute atomic E-state index is 0.0731. The molecule has 0 saturated heterocycles. The van der Waals surface area contributed by atoms with Gasteiger partial charge in [-0.3, -0.25) is 9.89 Å². The molecule has 0 atom stereocenters. The molecular weight excluding hydrogens is 284 g/mol. The molecule has 3 rings (SSSR count). The normalized spacial score (nSPS) is 13.7. The van der Waals surface area contributed by atoms with Crippen molar-refractivity contribution in [2.75, 3.05) is 12.3 Å². The second kappa shape index (κ2) is 6.76. The Labute approximate surface area is 127 Å². The molecule has 0 radical (unpaired) electrons. The average molecular weight is 302 g/mol. The number of nitrogens with zero attached hydrogens (tertiary/aromatic N) is 2. The van der Waals surface area contributed by atoms with Crippen LogP contribution in [-0.4, -0.2) is 33.4 Å². The van der Waals surface area contributed by atoms with E-state index in [0.29, 0.717) is 12.2 Å². The van der Waals surface area contributed by atoms with Crippen molar-refractivity contribution in [3.05, 3.63) is 41.3 Å². The van der Waals surface area contributed by atoms with Crippen molar-refractivity contribution in [3.8, 4) is 0 Å². The molecule has 6 heteroatoms. The maximum Gasteiger partial charge on any atom is 0.272 e. The molecule has 0 unspecified atom stereocenters. The van der Waals surface area contributed by atoms with Crippen LogP contribution in [0.1, 0.15) is 34.6 Å². The molecule has 2 heterocycles. The molecule has 110 valence electrons. The fourth-order valence-corrected chi connectivity index (χ4v) is 3.23. The van der Waals surface area contributed by atoms with E-state index in [9.17, 15) is 4.79 Å². The topological polar surface area (TPSA) is 70.7 Å². The third-order valence-electron chi connectivity index (χ3n) is 3.55. The quantitative estimate of drug-likeness (QED) is 0.656. The molecule has 0 bridgehead atoms. The minimum Gasteiger partial charge on any atom is -0.350 e. The first-order valence-electron chi connectivity index (χ1n) is 7.23. The Bertz CT molecular complexity index is 611. The highest BCUT2D eigenvalue weighted by Gasteiger charge is 2.21. The lowest BCUT2D eigenvalue weighted by atomic mass is 9.96. The molecule has 0 spiro atoms. The maximum atomic E-state index is 12.2. The van der Waals surface area contributed by atoms with E-state index in [2.05, 4.69) is 20.5 Å². The Balaban J connectivity index is 1.49. The van der Waals surface area contributed by atoms with Gasteiger partial charge in [0.05, 0.1) is 5.03 Å². The summed E-state index contributed by atoms with van der Waals surface area (Å²) in [6.07, 6.45) is 6.05. The minimum atomic E-state index is -0.0731. The number of amides is 1. The van der Waals surface area contributed by atoms with E-state index >= 15 is 0 Å². The molecular formula is C15H18N4OS. The van der Waals surface area contributed by atoms with E-state index in [-0.39, 0.29) is 5.91 Å². The van der Waals surface area contributed by atoms with Crippen LogP contribution >= 0.6 is 11.8 Å². The largest absolute Gasteiger partial charge is 0.350 e. The second-order valence-corrected chi connectivity index (χ2v) is 6.12. The van der Waals surface area contributed by atoms with E-state index in [1.165, 1.54) is 6.42 Å². The number of nitrogens with one attached hydrogen (secondary N) is 2. The van der Waals surface area contributed by atoms with Gasteiger partial charge in [-0.2, -0.15) is 5.10 Å². The Hall–Kier alpha value is -1.82. The zero-order chi connectivity index (χ0) is 14.5. The highest BCUT2D eigenvalue weighted by molar-refractivity contribution is 7.99. The second-order valence-electron chi connectivity index (χ2n) is 5.01. The summed E-state index contributed by atoms with van der Waals surface area (Å²) >= 11 is 1.63. The molecule has 0 fully saturated rings. The van der Waals surface area contributed by atoms with Crippen LogP contribution in [0.4, 0.5) is 0 Å². The van der Waals surface area contributed by atoms with E-state index in [1.54, 1.807) is 18.0 Å². The molecule has 0 aromatic carbocycles. The number of H-pyrrole nitrogens is 1. The van der Waals surface area contributed by atoms with Crippen molar-refractivity contribution >= 4 is 17.7 Å². The van der Waals surface area contributed by atoms with Crippen LogP contribution < -0.4 is 5.32 Å². The molecule has 0 saturated carbocycles. The predicted octanol–water partition coefficient (Wildman–Crippen LogP) is 2.21. The first-order chi connectivity index (χ1) is 10.3. The van der Waals surface area contributed by atoms with Gasteiger partial charge < -0.3 is 5.32 Å². The number of pyridine rings is 1. The Morgan fingerprint density at radius 3 is 3.10 bits per heavy atom. The van der Waals surface area contributed by atoms with Gasteiger partial charge in [0, 0.05) is 29.8 Å². The number of aryl methyl sites for hydroxylation is 1. The number of carbonyl (C=O) groups is 1. The monoisotopic (exact) mass is 302 g/mol. The average Bonchev–Trinajstić information content (AvgIpc) is 2.96. The fourth-order valence-electron chi connectivity index (χ4n) is 2.51. The zero-order valence-corrected chi connectivity index (χ0v) is 12.6. The van der Waals surface area contributed by atoms with Gasteiger partial charge in [0.2, 0.25) is 0 Å². The van der Waals surface area contributed by atoms with Gasteiger partial charge in [0.1, 0.15) is 0 Å². The van der Waals surface area contributed by atoms with Crippen LogP contribution in [0.2, 0.25) is 0 Å². The maximum absolute atomic E-state index is 12.2. The van der Waals surface area contributed by atoms with Crippen molar-refractivity contribution in [3.63, 3.8) is 0 Å². The van der Waals surface area contributed by atoms with E-state index in [4.69, 9.17) is 0 Å². The molecule has 21 heavy (non-hydrogen) atoms. The summed E-state index contributed by atoms with van der Waals surface area (Å²) < 4.78 is 0. The molecule has 1 aliphatic carbocycles. The van der Waals surface area contributed by atoms with Crippen LogP contribution in [0, 0.1) is 0 Å². The Morgan fingerprint density at radius 2 is 2.24 bits per heavy atom. The molecule has 1 aliphatic rings. The van der Waals surface area contributed by atoms with Gasteiger partial charge in [-0.15, -0.1) is 11.8 Å². The van der Waals surface area contributed by atoms with Gasteiger partial charge in [-0.05, 0) is 37.8 Å². The summed E-state index contributed by atoms with van der Waals surface area (Å²) in [6.45, 7) is 0.613. The van der Waals surface area contributed by atoms with Crippen molar-refractivity contribution in [1.82, 2.24) is 20.5 Å². The number of carbonyl (C=O) groups excluding carboxylic acids is 1. The van der Waals surface area contributed by atoms with Crippen LogP contribution in [-0.2, 0) is 12.8 Å². The first kappa shape index (κ1) is 14.1. The third kappa shape index (κ3) is 3.44. The lowest BCUT2D eigenvalue weighted by Crippen LogP contribution is -2.27. The van der Waals surface area contributed by atoms with Crippen molar-refractivity contribution < 1.29 is 4.79 Å². The number of rotatable bonds is 5. The number of thioether (sulfide) groups is 1. The Morgan fingerprint density at radius 1 is 1.33 bits per heavy atom. The van der Waals surface area contributed by atoms with Gasteiger partial charge in [0.25, 0.3) is 5.91 Å². The predicted molar refractivity (Wildman–Crippen MR) is 82.5 cm³/mol. The van der Waals surface area contributed by atoms with Crippen molar-refractivity contribution in [1.29, 1.82) is 0 Å². The number of fused-ring (bicyclic) bond motifs is 1. The summed E-state index contributed by atoms with van der Waals surface area (Å²) in [7, 11) is 0. The van der Waals surface area contributed by atoms with Crippen molar-refractivity contribution in [2.45, 2.75) is 30.7 Å². The zero-order valence-electron chi connectivity index (χ0n) is 11.8.